The fourth-order valence-electron chi connectivity index (χ4n) is 4.00. The molecule has 1 aliphatic heterocycles. The van der Waals surface area contributed by atoms with Gasteiger partial charge in [0.05, 0.1) is 32.4 Å². The van der Waals surface area contributed by atoms with E-state index in [4.69, 9.17) is 14.2 Å². The number of carbonyl (C=O) groups excluding carboxylic acids is 2. The number of Topliss-reactive ketones (excluding diaryl/α,β-unsaturated/α-hetero) is 1. The average molecular weight is 454 g/mol. The van der Waals surface area contributed by atoms with Gasteiger partial charge >= 0.3 is 0 Å². The van der Waals surface area contributed by atoms with E-state index in [1.807, 2.05) is 38.1 Å². The van der Waals surface area contributed by atoms with Gasteiger partial charge in [0.2, 0.25) is 0 Å². The van der Waals surface area contributed by atoms with Crippen LogP contribution >= 0.6 is 0 Å². The summed E-state index contributed by atoms with van der Waals surface area (Å²) < 4.78 is 16.6. The number of unbranched alkanes of at least 4 members (excludes halogenated alkanes) is 1. The van der Waals surface area contributed by atoms with Crippen molar-refractivity contribution < 1.29 is 28.9 Å². The van der Waals surface area contributed by atoms with Gasteiger partial charge in [-0.3, -0.25) is 9.59 Å². The number of methoxy groups -OCH3 is 2. The maximum atomic E-state index is 13.2. The number of aliphatic hydroxyl groups is 1. The lowest BCUT2D eigenvalue weighted by atomic mass is 9.94. The molecule has 1 fully saturated rings. The Hall–Kier alpha value is -3.48. The first-order valence-electron chi connectivity index (χ1n) is 11.2. The van der Waals surface area contributed by atoms with Crippen LogP contribution in [0.2, 0.25) is 0 Å². The first-order chi connectivity index (χ1) is 16.0. The third kappa shape index (κ3) is 4.82. The Balaban J connectivity index is 2.22. The minimum atomic E-state index is -0.753. The van der Waals surface area contributed by atoms with Crippen LogP contribution in [0.15, 0.2) is 48.0 Å². The van der Waals surface area contributed by atoms with E-state index in [1.165, 1.54) is 19.1 Å². The molecule has 1 saturated heterocycles. The highest BCUT2D eigenvalue weighted by atomic mass is 16.5. The molecule has 1 unspecified atom stereocenters. The van der Waals surface area contributed by atoms with Crippen molar-refractivity contribution in [3.8, 4) is 17.2 Å². The number of aliphatic hydroxyl groups excluding tert-OH is 1. The van der Waals surface area contributed by atoms with E-state index < -0.39 is 17.7 Å². The van der Waals surface area contributed by atoms with Gasteiger partial charge in [-0.15, -0.1) is 0 Å². The van der Waals surface area contributed by atoms with E-state index in [2.05, 4.69) is 0 Å². The van der Waals surface area contributed by atoms with Crippen LogP contribution in [0.4, 0.5) is 0 Å². The third-order valence-corrected chi connectivity index (χ3v) is 5.60. The Morgan fingerprint density at radius 1 is 1.00 bits per heavy atom. The molecule has 1 heterocycles. The molecular formula is C26H31NO6. The monoisotopic (exact) mass is 453 g/mol. The van der Waals surface area contributed by atoms with Crippen molar-refractivity contribution in [1.82, 2.24) is 4.90 Å². The highest BCUT2D eigenvalue weighted by Gasteiger charge is 2.46. The fourth-order valence-corrected chi connectivity index (χ4v) is 4.00. The van der Waals surface area contributed by atoms with Crippen LogP contribution in [0.1, 0.15) is 50.3 Å². The van der Waals surface area contributed by atoms with Crippen LogP contribution in [0.3, 0.4) is 0 Å². The third-order valence-electron chi connectivity index (χ3n) is 5.60. The second-order valence-corrected chi connectivity index (χ2v) is 7.80. The number of carbonyl (C=O) groups is 2. The second-order valence-electron chi connectivity index (χ2n) is 7.80. The summed E-state index contributed by atoms with van der Waals surface area (Å²) in [5.41, 5.74) is 0.931. The van der Waals surface area contributed by atoms with Crippen molar-refractivity contribution >= 4 is 17.4 Å². The lowest BCUT2D eigenvalue weighted by Gasteiger charge is -2.26. The quantitative estimate of drug-likeness (QED) is 0.318. The molecule has 176 valence electrons. The molecule has 0 spiro atoms. The average Bonchev–Trinajstić information content (AvgIpc) is 3.10. The van der Waals surface area contributed by atoms with E-state index in [9.17, 15) is 14.7 Å². The van der Waals surface area contributed by atoms with Gasteiger partial charge in [-0.25, -0.2) is 0 Å². The summed E-state index contributed by atoms with van der Waals surface area (Å²) in [5.74, 6) is -0.377. The summed E-state index contributed by atoms with van der Waals surface area (Å²) in [4.78, 5) is 27.8. The molecule has 0 saturated carbocycles. The molecule has 2 aromatic carbocycles. The van der Waals surface area contributed by atoms with Crippen LogP contribution < -0.4 is 14.2 Å². The largest absolute Gasteiger partial charge is 0.506 e. The summed E-state index contributed by atoms with van der Waals surface area (Å²) >= 11 is 0. The van der Waals surface area contributed by atoms with E-state index in [1.54, 1.807) is 18.2 Å². The van der Waals surface area contributed by atoms with Crippen molar-refractivity contribution in [3.63, 3.8) is 0 Å². The van der Waals surface area contributed by atoms with Crippen molar-refractivity contribution in [2.24, 2.45) is 0 Å². The predicted molar refractivity (Wildman–Crippen MR) is 126 cm³/mol. The molecule has 0 bridgehead atoms. The van der Waals surface area contributed by atoms with E-state index in [0.29, 0.717) is 36.0 Å². The molecule has 0 aromatic heterocycles. The van der Waals surface area contributed by atoms with E-state index >= 15 is 0 Å². The smallest absolute Gasteiger partial charge is 0.295 e. The molecule has 1 amide bonds. The highest BCUT2D eigenvalue weighted by molar-refractivity contribution is 6.46. The van der Waals surface area contributed by atoms with Gasteiger partial charge < -0.3 is 24.2 Å². The molecule has 7 nitrogen and oxygen atoms in total. The van der Waals surface area contributed by atoms with E-state index in [0.717, 1.165) is 19.3 Å². The molecule has 0 radical (unpaired) electrons. The van der Waals surface area contributed by atoms with Crippen LogP contribution in [0.25, 0.3) is 5.76 Å². The molecular weight excluding hydrogens is 422 g/mol. The van der Waals surface area contributed by atoms with Crippen LogP contribution in [0, 0.1) is 0 Å². The molecule has 0 aliphatic carbocycles. The first kappa shape index (κ1) is 24.2. The maximum absolute atomic E-state index is 13.2. The molecule has 1 aliphatic rings. The SMILES string of the molecule is CCCCN1C(=O)C(=O)/C(=C(/O)c2c(OC)cccc2OC)C1c1cccc(OCCC)c1. The van der Waals surface area contributed by atoms with Crippen molar-refractivity contribution in [1.29, 1.82) is 0 Å². The van der Waals surface area contributed by atoms with Crippen LogP contribution in [0.5, 0.6) is 17.2 Å². The highest BCUT2D eigenvalue weighted by Crippen LogP contribution is 2.43. The van der Waals surface area contributed by atoms with Gasteiger partial charge in [0, 0.05) is 6.54 Å². The summed E-state index contributed by atoms with van der Waals surface area (Å²) in [6.07, 6.45) is 2.44. The van der Waals surface area contributed by atoms with Crippen molar-refractivity contribution in [3.05, 3.63) is 59.2 Å². The number of hydrogen-bond acceptors (Lipinski definition) is 6. The molecule has 3 rings (SSSR count). The van der Waals surface area contributed by atoms with Crippen molar-refractivity contribution in [2.75, 3.05) is 27.4 Å². The summed E-state index contributed by atoms with van der Waals surface area (Å²) in [5, 5.41) is 11.4. The predicted octanol–water partition coefficient (Wildman–Crippen LogP) is 4.71. The Labute approximate surface area is 194 Å². The minimum Gasteiger partial charge on any atom is -0.506 e. The Morgan fingerprint density at radius 3 is 2.27 bits per heavy atom. The number of hydrogen-bond donors (Lipinski definition) is 1. The number of ketones is 1. The first-order valence-corrected chi connectivity index (χ1v) is 11.2. The zero-order chi connectivity index (χ0) is 24.0. The molecule has 2 aromatic rings. The second kappa shape index (κ2) is 10.9. The van der Waals surface area contributed by atoms with Gasteiger partial charge in [-0.2, -0.15) is 0 Å². The van der Waals surface area contributed by atoms with Gasteiger partial charge in [-0.1, -0.05) is 38.5 Å². The Kier molecular flexibility index (Phi) is 7.98. The lowest BCUT2D eigenvalue weighted by Crippen LogP contribution is -2.30. The van der Waals surface area contributed by atoms with Gasteiger partial charge in [0.15, 0.2) is 0 Å². The van der Waals surface area contributed by atoms with Gasteiger partial charge in [0.25, 0.3) is 11.7 Å². The number of rotatable bonds is 10. The number of likely N-dealkylation sites (tertiary alicyclic amines) is 1. The summed E-state index contributed by atoms with van der Waals surface area (Å²) in [6, 6.07) is 11.6. The lowest BCUT2D eigenvalue weighted by molar-refractivity contribution is -0.139. The molecule has 1 N–H and O–H groups in total. The fraction of sp³-hybridized carbons (Fsp3) is 0.385. The topological polar surface area (TPSA) is 85.3 Å². The minimum absolute atomic E-state index is 0.00606. The Morgan fingerprint density at radius 2 is 1.67 bits per heavy atom. The summed E-state index contributed by atoms with van der Waals surface area (Å²) in [6.45, 7) is 4.98. The number of ether oxygens (including phenoxy) is 3. The van der Waals surface area contributed by atoms with Crippen LogP contribution in [-0.4, -0.2) is 49.1 Å². The molecule has 1 atom stereocenters. The standard InChI is InChI=1S/C26H31NO6/c1-5-7-14-27-23(17-10-8-11-18(16-17)33-15-6-2)22(25(29)26(27)30)24(28)21-19(31-3)12-9-13-20(21)32-4/h8-13,16,23,28H,5-7,14-15H2,1-4H3/b24-22+. The number of nitrogens with zero attached hydrogens (tertiary/aromatic N) is 1. The van der Waals surface area contributed by atoms with Gasteiger partial charge in [-0.05, 0) is 42.7 Å². The maximum Gasteiger partial charge on any atom is 0.295 e. The number of amides is 1. The Bertz CT molecular complexity index is 1020. The van der Waals surface area contributed by atoms with E-state index in [-0.39, 0.29) is 16.9 Å². The number of benzene rings is 2. The summed E-state index contributed by atoms with van der Waals surface area (Å²) in [7, 11) is 2.94. The van der Waals surface area contributed by atoms with Crippen molar-refractivity contribution in [2.45, 2.75) is 39.2 Å². The normalized spacial score (nSPS) is 17.3. The molecule has 33 heavy (non-hydrogen) atoms. The molecule has 7 heteroatoms. The zero-order valence-corrected chi connectivity index (χ0v) is 19.6. The van der Waals surface area contributed by atoms with Gasteiger partial charge in [0.1, 0.15) is 28.6 Å². The van der Waals surface area contributed by atoms with Crippen LogP contribution in [-0.2, 0) is 9.59 Å². The zero-order valence-electron chi connectivity index (χ0n) is 19.6.